The molecule has 0 saturated carbocycles. The van der Waals surface area contributed by atoms with Crippen LogP contribution in [0, 0.1) is 0 Å². The Morgan fingerprint density at radius 1 is 1.00 bits per heavy atom. The van der Waals surface area contributed by atoms with E-state index in [1.807, 2.05) is 47.4 Å². The Kier molecular flexibility index (Phi) is 4.61. The van der Waals surface area contributed by atoms with Gasteiger partial charge < -0.3 is 14.5 Å². The Hall–Kier alpha value is -2.82. The van der Waals surface area contributed by atoms with Crippen LogP contribution in [0.1, 0.15) is 24.8 Å². The fourth-order valence-corrected chi connectivity index (χ4v) is 3.68. The van der Waals surface area contributed by atoms with Crippen molar-refractivity contribution in [1.29, 1.82) is 0 Å². The summed E-state index contributed by atoms with van der Waals surface area (Å²) >= 11 is 0. The third-order valence-electron chi connectivity index (χ3n) is 4.98. The Labute approximate surface area is 153 Å². The lowest BCUT2D eigenvalue weighted by molar-refractivity contribution is -0.120. The largest absolute Gasteiger partial charge is 0.484 e. The molecule has 26 heavy (non-hydrogen) atoms. The molecule has 0 bridgehead atoms. The second-order valence-electron chi connectivity index (χ2n) is 6.71. The van der Waals surface area contributed by atoms with Crippen LogP contribution in [-0.2, 0) is 16.0 Å². The molecule has 4 rings (SSSR count). The first-order valence-corrected chi connectivity index (χ1v) is 9.14. The molecule has 2 aromatic rings. The summed E-state index contributed by atoms with van der Waals surface area (Å²) in [6, 6.07) is 15.5. The molecule has 0 aromatic heterocycles. The molecule has 0 radical (unpaired) electrons. The number of nitrogens with zero attached hydrogens (tertiary/aromatic N) is 2. The van der Waals surface area contributed by atoms with E-state index in [1.54, 1.807) is 4.90 Å². The number of anilines is 2. The van der Waals surface area contributed by atoms with Crippen LogP contribution in [-0.4, -0.2) is 31.5 Å². The standard InChI is InChI=1S/C21H22N2O3/c24-20-11-5-12-22(20)17-8-3-9-18(14-17)26-15-21(25)23-13-4-7-16-6-1-2-10-19(16)23/h1-3,6,8-10,14H,4-5,7,11-13,15H2. The number of hydrogen-bond donors (Lipinski definition) is 0. The highest BCUT2D eigenvalue weighted by Crippen LogP contribution is 2.28. The summed E-state index contributed by atoms with van der Waals surface area (Å²) < 4.78 is 5.74. The first-order chi connectivity index (χ1) is 12.7. The van der Waals surface area contributed by atoms with Crippen molar-refractivity contribution in [3.05, 3.63) is 54.1 Å². The molecule has 0 unspecified atom stereocenters. The molecule has 2 aliphatic rings. The highest BCUT2D eigenvalue weighted by Gasteiger charge is 2.23. The lowest BCUT2D eigenvalue weighted by Gasteiger charge is -2.29. The predicted molar refractivity (Wildman–Crippen MR) is 101 cm³/mol. The van der Waals surface area contributed by atoms with Crippen molar-refractivity contribution < 1.29 is 14.3 Å². The zero-order chi connectivity index (χ0) is 17.9. The zero-order valence-corrected chi connectivity index (χ0v) is 14.7. The van der Waals surface area contributed by atoms with Gasteiger partial charge in [-0.15, -0.1) is 0 Å². The van der Waals surface area contributed by atoms with Crippen LogP contribution >= 0.6 is 0 Å². The smallest absolute Gasteiger partial charge is 0.264 e. The quantitative estimate of drug-likeness (QED) is 0.851. The maximum atomic E-state index is 12.7. The minimum atomic E-state index is -0.0419. The van der Waals surface area contributed by atoms with E-state index in [0.29, 0.717) is 12.2 Å². The molecule has 0 spiro atoms. The molecule has 1 fully saturated rings. The van der Waals surface area contributed by atoms with Crippen LogP contribution in [0.2, 0.25) is 0 Å². The average molecular weight is 350 g/mol. The topological polar surface area (TPSA) is 49.9 Å². The summed E-state index contributed by atoms with van der Waals surface area (Å²) in [6.07, 6.45) is 3.46. The van der Waals surface area contributed by atoms with Crippen molar-refractivity contribution in [2.24, 2.45) is 0 Å². The number of amides is 2. The van der Waals surface area contributed by atoms with Gasteiger partial charge in [-0.05, 0) is 43.0 Å². The maximum absolute atomic E-state index is 12.7. The van der Waals surface area contributed by atoms with E-state index in [9.17, 15) is 9.59 Å². The lowest BCUT2D eigenvalue weighted by Crippen LogP contribution is -2.38. The van der Waals surface area contributed by atoms with Crippen LogP contribution in [0.25, 0.3) is 0 Å². The summed E-state index contributed by atoms with van der Waals surface area (Å²) in [4.78, 5) is 28.1. The molecule has 2 amide bonds. The third-order valence-corrected chi connectivity index (χ3v) is 4.98. The normalized spacial score (nSPS) is 16.5. The van der Waals surface area contributed by atoms with E-state index in [1.165, 1.54) is 5.56 Å². The summed E-state index contributed by atoms with van der Waals surface area (Å²) in [7, 11) is 0. The second-order valence-corrected chi connectivity index (χ2v) is 6.71. The van der Waals surface area contributed by atoms with Crippen molar-refractivity contribution in [1.82, 2.24) is 0 Å². The van der Waals surface area contributed by atoms with Gasteiger partial charge >= 0.3 is 0 Å². The number of fused-ring (bicyclic) bond motifs is 1. The molecule has 5 heteroatoms. The molecule has 134 valence electrons. The van der Waals surface area contributed by atoms with Crippen LogP contribution in [0.5, 0.6) is 5.75 Å². The van der Waals surface area contributed by atoms with E-state index in [-0.39, 0.29) is 18.4 Å². The van der Waals surface area contributed by atoms with E-state index in [4.69, 9.17) is 4.74 Å². The molecule has 2 aromatic carbocycles. The van der Waals surface area contributed by atoms with Gasteiger partial charge in [0.25, 0.3) is 5.91 Å². The molecular formula is C21H22N2O3. The zero-order valence-electron chi connectivity index (χ0n) is 14.7. The summed E-state index contributed by atoms with van der Waals surface area (Å²) in [5, 5.41) is 0. The predicted octanol–water partition coefficient (Wildman–Crippen LogP) is 3.17. The van der Waals surface area contributed by atoms with Gasteiger partial charge in [0.05, 0.1) is 0 Å². The highest BCUT2D eigenvalue weighted by atomic mass is 16.5. The first kappa shape index (κ1) is 16.6. The molecule has 0 atom stereocenters. The van der Waals surface area contributed by atoms with Gasteiger partial charge in [-0.3, -0.25) is 9.59 Å². The van der Waals surface area contributed by atoms with E-state index < -0.39 is 0 Å². The molecule has 0 N–H and O–H groups in total. The van der Waals surface area contributed by atoms with Gasteiger partial charge in [0.1, 0.15) is 5.75 Å². The van der Waals surface area contributed by atoms with Gasteiger partial charge in [0.2, 0.25) is 5.91 Å². The highest BCUT2D eigenvalue weighted by molar-refractivity contribution is 5.96. The van der Waals surface area contributed by atoms with Crippen molar-refractivity contribution in [2.45, 2.75) is 25.7 Å². The van der Waals surface area contributed by atoms with E-state index in [2.05, 4.69) is 6.07 Å². The number of hydrogen-bond acceptors (Lipinski definition) is 3. The van der Waals surface area contributed by atoms with Gasteiger partial charge in [-0.2, -0.15) is 0 Å². The van der Waals surface area contributed by atoms with Crippen molar-refractivity contribution >= 4 is 23.2 Å². The molecule has 2 heterocycles. The average Bonchev–Trinajstić information content (AvgIpc) is 3.12. The molecule has 5 nitrogen and oxygen atoms in total. The number of ether oxygens (including phenoxy) is 1. The van der Waals surface area contributed by atoms with Crippen LogP contribution in [0.4, 0.5) is 11.4 Å². The van der Waals surface area contributed by atoms with Crippen LogP contribution in [0.3, 0.4) is 0 Å². The van der Waals surface area contributed by atoms with Gasteiger partial charge in [-0.25, -0.2) is 0 Å². The Morgan fingerprint density at radius 2 is 1.85 bits per heavy atom. The molecule has 1 saturated heterocycles. The summed E-state index contributed by atoms with van der Waals surface area (Å²) in [5.41, 5.74) is 3.03. The number of para-hydroxylation sites is 1. The maximum Gasteiger partial charge on any atom is 0.264 e. The molecule has 0 aliphatic carbocycles. The Balaban J connectivity index is 1.43. The minimum absolute atomic E-state index is 0.00820. The monoisotopic (exact) mass is 350 g/mol. The molecule has 2 aliphatic heterocycles. The van der Waals surface area contributed by atoms with E-state index in [0.717, 1.165) is 43.7 Å². The number of aryl methyl sites for hydroxylation is 1. The Morgan fingerprint density at radius 3 is 2.69 bits per heavy atom. The van der Waals surface area contributed by atoms with Crippen molar-refractivity contribution in [3.63, 3.8) is 0 Å². The summed E-state index contributed by atoms with van der Waals surface area (Å²) in [5.74, 6) is 0.712. The van der Waals surface area contributed by atoms with Crippen molar-refractivity contribution in [3.8, 4) is 5.75 Å². The lowest BCUT2D eigenvalue weighted by atomic mass is 10.0. The van der Waals surface area contributed by atoms with Gasteiger partial charge in [0.15, 0.2) is 6.61 Å². The number of benzene rings is 2. The number of carbonyl (C=O) groups is 2. The number of carbonyl (C=O) groups excluding carboxylic acids is 2. The number of rotatable bonds is 4. The fraction of sp³-hybridized carbons (Fsp3) is 0.333. The van der Waals surface area contributed by atoms with Crippen molar-refractivity contribution in [2.75, 3.05) is 29.5 Å². The Bertz CT molecular complexity index is 834. The fourth-order valence-electron chi connectivity index (χ4n) is 3.68. The summed E-state index contributed by atoms with van der Waals surface area (Å²) in [6.45, 7) is 1.46. The second kappa shape index (κ2) is 7.20. The van der Waals surface area contributed by atoms with Gasteiger partial charge in [0, 0.05) is 37.0 Å². The first-order valence-electron chi connectivity index (χ1n) is 9.14. The minimum Gasteiger partial charge on any atom is -0.484 e. The molecular weight excluding hydrogens is 328 g/mol. The third kappa shape index (κ3) is 3.29. The SMILES string of the molecule is O=C1CCCN1c1cccc(OCC(=O)N2CCCc3ccccc32)c1. The van der Waals surface area contributed by atoms with E-state index >= 15 is 0 Å². The van der Waals surface area contributed by atoms with Crippen LogP contribution < -0.4 is 14.5 Å². The van der Waals surface area contributed by atoms with Gasteiger partial charge in [-0.1, -0.05) is 24.3 Å². The van der Waals surface area contributed by atoms with Crippen LogP contribution in [0.15, 0.2) is 48.5 Å².